The van der Waals surface area contributed by atoms with Gasteiger partial charge in [0.05, 0.1) is 14.2 Å². The number of pyridine rings is 1. The molecular formula is C12H18N2O3. The van der Waals surface area contributed by atoms with Gasteiger partial charge in [0.1, 0.15) is 6.04 Å². The van der Waals surface area contributed by atoms with Crippen molar-refractivity contribution < 1.29 is 14.3 Å². The third-order valence-electron chi connectivity index (χ3n) is 2.40. The lowest BCUT2D eigenvalue weighted by atomic mass is 10.0. The topological polar surface area (TPSA) is 60.5 Å². The number of aromatic nitrogens is 1. The number of esters is 1. The van der Waals surface area contributed by atoms with Gasteiger partial charge < -0.3 is 14.8 Å². The zero-order valence-corrected chi connectivity index (χ0v) is 10.6. The summed E-state index contributed by atoms with van der Waals surface area (Å²) in [6.45, 7) is 3.87. The van der Waals surface area contributed by atoms with E-state index >= 15 is 0 Å². The minimum atomic E-state index is -0.441. The molecule has 5 nitrogen and oxygen atoms in total. The summed E-state index contributed by atoms with van der Waals surface area (Å²) in [5.41, 5.74) is 0. The normalized spacial score (nSPS) is 12.1. The predicted molar refractivity (Wildman–Crippen MR) is 65.1 cm³/mol. The lowest BCUT2D eigenvalue weighted by molar-refractivity contribution is -0.142. The van der Waals surface area contributed by atoms with E-state index < -0.39 is 6.04 Å². The molecule has 0 radical (unpaired) electrons. The smallest absolute Gasteiger partial charge is 0.328 e. The van der Waals surface area contributed by atoms with Gasteiger partial charge in [-0.15, -0.1) is 0 Å². The fourth-order valence-corrected chi connectivity index (χ4v) is 1.44. The summed E-state index contributed by atoms with van der Waals surface area (Å²) in [7, 11) is 2.93. The van der Waals surface area contributed by atoms with Crippen molar-refractivity contribution in [3.8, 4) is 5.75 Å². The molecule has 94 valence electrons. The second kappa shape index (κ2) is 6.08. The molecule has 1 rings (SSSR count). The summed E-state index contributed by atoms with van der Waals surface area (Å²) in [5.74, 6) is 0.919. The molecule has 0 amide bonds. The minimum Gasteiger partial charge on any atom is -0.493 e. The first-order chi connectivity index (χ1) is 8.10. The highest BCUT2D eigenvalue weighted by atomic mass is 16.5. The minimum absolute atomic E-state index is 0.0918. The molecule has 0 aliphatic carbocycles. The van der Waals surface area contributed by atoms with Crippen LogP contribution in [0.3, 0.4) is 0 Å². The molecule has 0 saturated carbocycles. The Balaban J connectivity index is 2.89. The lowest BCUT2D eigenvalue weighted by Crippen LogP contribution is -2.35. The second-order valence-corrected chi connectivity index (χ2v) is 3.94. The third kappa shape index (κ3) is 3.34. The van der Waals surface area contributed by atoms with E-state index in [0.717, 1.165) is 0 Å². The number of methoxy groups -OCH3 is 2. The molecule has 1 aromatic rings. The first kappa shape index (κ1) is 13.3. The maximum Gasteiger partial charge on any atom is 0.328 e. The van der Waals surface area contributed by atoms with Crippen LogP contribution in [-0.2, 0) is 9.53 Å². The Morgan fingerprint density at radius 2 is 2.12 bits per heavy atom. The van der Waals surface area contributed by atoms with Crippen LogP contribution in [-0.4, -0.2) is 31.2 Å². The molecule has 5 heteroatoms. The Morgan fingerprint density at radius 3 is 2.65 bits per heavy atom. The SMILES string of the molecule is COC(=O)C(Nc1ncccc1OC)C(C)C. The van der Waals surface area contributed by atoms with Gasteiger partial charge >= 0.3 is 5.97 Å². The average Bonchev–Trinajstić information content (AvgIpc) is 2.35. The van der Waals surface area contributed by atoms with Gasteiger partial charge in [0.2, 0.25) is 0 Å². The highest BCUT2D eigenvalue weighted by Crippen LogP contribution is 2.22. The first-order valence-corrected chi connectivity index (χ1v) is 5.43. The number of nitrogens with one attached hydrogen (secondary N) is 1. The van der Waals surface area contributed by atoms with Crippen molar-refractivity contribution in [2.75, 3.05) is 19.5 Å². The quantitative estimate of drug-likeness (QED) is 0.791. The zero-order valence-electron chi connectivity index (χ0n) is 10.6. The van der Waals surface area contributed by atoms with E-state index in [1.807, 2.05) is 13.8 Å². The van der Waals surface area contributed by atoms with Gasteiger partial charge in [-0.1, -0.05) is 13.8 Å². The monoisotopic (exact) mass is 238 g/mol. The number of nitrogens with zero attached hydrogens (tertiary/aromatic N) is 1. The molecule has 0 bridgehead atoms. The average molecular weight is 238 g/mol. The van der Waals surface area contributed by atoms with Crippen LogP contribution in [0.15, 0.2) is 18.3 Å². The van der Waals surface area contributed by atoms with Crippen molar-refractivity contribution in [2.45, 2.75) is 19.9 Å². The maximum atomic E-state index is 11.6. The van der Waals surface area contributed by atoms with Crippen LogP contribution in [0.4, 0.5) is 5.82 Å². The molecule has 17 heavy (non-hydrogen) atoms. The van der Waals surface area contributed by atoms with Crippen molar-refractivity contribution in [1.82, 2.24) is 4.98 Å². The number of carbonyl (C=O) groups excluding carboxylic acids is 1. The molecule has 0 spiro atoms. The maximum absolute atomic E-state index is 11.6. The highest BCUT2D eigenvalue weighted by molar-refractivity contribution is 5.79. The van der Waals surface area contributed by atoms with Gasteiger partial charge in [-0.2, -0.15) is 0 Å². The summed E-state index contributed by atoms with van der Waals surface area (Å²) in [6.07, 6.45) is 1.64. The number of anilines is 1. The summed E-state index contributed by atoms with van der Waals surface area (Å²) in [5, 5.41) is 3.04. The van der Waals surface area contributed by atoms with Crippen molar-refractivity contribution in [1.29, 1.82) is 0 Å². The van der Waals surface area contributed by atoms with Gasteiger partial charge in [-0.05, 0) is 18.1 Å². The van der Waals surface area contributed by atoms with Gasteiger partial charge in [0.25, 0.3) is 0 Å². The molecule has 1 N–H and O–H groups in total. The molecule has 0 aliphatic heterocycles. The largest absolute Gasteiger partial charge is 0.493 e. The van der Waals surface area contributed by atoms with Crippen LogP contribution < -0.4 is 10.1 Å². The summed E-state index contributed by atoms with van der Waals surface area (Å²) >= 11 is 0. The van der Waals surface area contributed by atoms with Crippen LogP contribution in [0, 0.1) is 5.92 Å². The Bertz CT molecular complexity index is 380. The van der Waals surface area contributed by atoms with Gasteiger partial charge in [0, 0.05) is 6.20 Å². The van der Waals surface area contributed by atoms with E-state index in [1.54, 1.807) is 25.4 Å². The molecule has 0 aliphatic rings. The van der Waals surface area contributed by atoms with E-state index in [-0.39, 0.29) is 11.9 Å². The van der Waals surface area contributed by atoms with Crippen LogP contribution in [0.1, 0.15) is 13.8 Å². The standard InChI is InChI=1S/C12H18N2O3/c1-8(2)10(12(15)17-4)14-11-9(16-3)6-5-7-13-11/h5-8,10H,1-4H3,(H,13,14). The van der Waals surface area contributed by atoms with Crippen LogP contribution in [0.2, 0.25) is 0 Å². The number of hydrogen-bond donors (Lipinski definition) is 1. The van der Waals surface area contributed by atoms with Crippen LogP contribution in [0.5, 0.6) is 5.75 Å². The number of hydrogen-bond acceptors (Lipinski definition) is 5. The van der Waals surface area contributed by atoms with Crippen molar-refractivity contribution in [2.24, 2.45) is 5.92 Å². The Labute approximate surface area is 101 Å². The Morgan fingerprint density at radius 1 is 1.41 bits per heavy atom. The van der Waals surface area contributed by atoms with E-state index in [0.29, 0.717) is 11.6 Å². The van der Waals surface area contributed by atoms with Gasteiger partial charge in [-0.25, -0.2) is 9.78 Å². The molecule has 1 heterocycles. The van der Waals surface area contributed by atoms with Crippen LogP contribution in [0.25, 0.3) is 0 Å². The molecular weight excluding hydrogens is 220 g/mol. The van der Waals surface area contributed by atoms with Gasteiger partial charge in [0.15, 0.2) is 11.6 Å². The summed E-state index contributed by atoms with van der Waals surface area (Å²) < 4.78 is 9.91. The second-order valence-electron chi connectivity index (χ2n) is 3.94. The van der Waals surface area contributed by atoms with Crippen molar-refractivity contribution in [3.63, 3.8) is 0 Å². The van der Waals surface area contributed by atoms with Crippen LogP contribution >= 0.6 is 0 Å². The van der Waals surface area contributed by atoms with Gasteiger partial charge in [-0.3, -0.25) is 0 Å². The van der Waals surface area contributed by atoms with Crippen molar-refractivity contribution in [3.05, 3.63) is 18.3 Å². The summed E-state index contributed by atoms with van der Waals surface area (Å²) in [6, 6.07) is 3.11. The lowest BCUT2D eigenvalue weighted by Gasteiger charge is -2.21. The molecule has 1 unspecified atom stereocenters. The third-order valence-corrected chi connectivity index (χ3v) is 2.40. The number of carbonyl (C=O) groups is 1. The Kier molecular flexibility index (Phi) is 4.75. The highest BCUT2D eigenvalue weighted by Gasteiger charge is 2.24. The van der Waals surface area contributed by atoms with E-state index in [1.165, 1.54) is 7.11 Å². The molecule has 0 aromatic carbocycles. The molecule has 1 aromatic heterocycles. The molecule has 0 fully saturated rings. The Hall–Kier alpha value is -1.78. The predicted octanol–water partition coefficient (Wildman–Crippen LogP) is 1.70. The van der Waals surface area contributed by atoms with E-state index in [2.05, 4.69) is 10.3 Å². The summed E-state index contributed by atoms with van der Waals surface area (Å²) in [4.78, 5) is 15.7. The van der Waals surface area contributed by atoms with E-state index in [9.17, 15) is 4.79 Å². The fourth-order valence-electron chi connectivity index (χ4n) is 1.44. The molecule has 1 atom stereocenters. The zero-order chi connectivity index (χ0) is 12.8. The number of rotatable bonds is 5. The van der Waals surface area contributed by atoms with E-state index in [4.69, 9.17) is 9.47 Å². The molecule has 0 saturated heterocycles. The first-order valence-electron chi connectivity index (χ1n) is 5.43. The number of ether oxygens (including phenoxy) is 2. The fraction of sp³-hybridized carbons (Fsp3) is 0.500. The van der Waals surface area contributed by atoms with Crippen molar-refractivity contribution >= 4 is 11.8 Å².